The van der Waals surface area contributed by atoms with Gasteiger partial charge >= 0.3 is 0 Å². The highest BCUT2D eigenvalue weighted by molar-refractivity contribution is 8.93. The highest BCUT2D eigenvalue weighted by Gasteiger charge is 2.37. The molecule has 1 aliphatic heterocycles. The van der Waals surface area contributed by atoms with Crippen LogP contribution in [-0.2, 0) is 19.4 Å². The molecule has 0 saturated heterocycles. The van der Waals surface area contributed by atoms with Crippen molar-refractivity contribution in [3.05, 3.63) is 44.6 Å². The van der Waals surface area contributed by atoms with Gasteiger partial charge in [0.15, 0.2) is 11.5 Å². The number of fused-ring (bicyclic) bond motifs is 5. The lowest BCUT2D eigenvalue weighted by Crippen LogP contribution is -2.41. The lowest BCUT2D eigenvalue weighted by Gasteiger charge is -2.38. The Morgan fingerprint density at radius 1 is 1.08 bits per heavy atom. The summed E-state index contributed by atoms with van der Waals surface area (Å²) in [5.74, 6) is 0.320. The molecular weight excluding hydrogens is 410 g/mol. The molecule has 0 amide bonds. The Kier molecular flexibility index (Phi) is 6.31. The molecule has 1 aromatic carbocycles. The molecule has 1 aliphatic carbocycles. The fourth-order valence-electron chi connectivity index (χ4n) is 4.37. The number of hydrogen-bond donors (Lipinski definition) is 3. The Morgan fingerprint density at radius 3 is 2.69 bits per heavy atom. The maximum absolute atomic E-state index is 10.0. The first-order valence-corrected chi connectivity index (χ1v) is 10.4. The molecule has 0 unspecified atom stereocenters. The Hall–Kier alpha value is -1.04. The first-order chi connectivity index (χ1) is 12.2. The standard InChI is InChI=1S/C21H27NO2S.BrH/c1-2-3-4-5-6-15-9-14-12-22-17-8-7-13-10-18(23)19(24)11-16(13)20(17)21(14)25-15;/h9-11,17,20,22-24H,2-8,12H2,1H3;1H/t17-,20-;/m1./s1. The van der Waals surface area contributed by atoms with E-state index in [0.717, 1.165) is 19.4 Å². The number of benzene rings is 1. The topological polar surface area (TPSA) is 52.5 Å². The van der Waals surface area contributed by atoms with Crippen LogP contribution in [0.5, 0.6) is 11.5 Å². The summed E-state index contributed by atoms with van der Waals surface area (Å²) in [7, 11) is 0. The summed E-state index contributed by atoms with van der Waals surface area (Å²) < 4.78 is 0. The summed E-state index contributed by atoms with van der Waals surface area (Å²) in [6, 6.07) is 6.38. The Morgan fingerprint density at radius 2 is 1.88 bits per heavy atom. The lowest BCUT2D eigenvalue weighted by molar-refractivity contribution is 0.383. The normalized spacial score (nSPS) is 20.7. The van der Waals surface area contributed by atoms with Gasteiger partial charge in [-0.15, -0.1) is 28.3 Å². The monoisotopic (exact) mass is 437 g/mol. The summed E-state index contributed by atoms with van der Waals surface area (Å²) in [4.78, 5) is 2.97. The van der Waals surface area contributed by atoms with E-state index in [2.05, 4.69) is 18.3 Å². The zero-order chi connectivity index (χ0) is 17.4. The Labute approximate surface area is 170 Å². The predicted molar refractivity (Wildman–Crippen MR) is 113 cm³/mol. The second-order valence-corrected chi connectivity index (χ2v) is 8.62. The minimum absolute atomic E-state index is 0. The highest BCUT2D eigenvalue weighted by atomic mass is 79.9. The molecule has 142 valence electrons. The second kappa shape index (κ2) is 8.32. The summed E-state index contributed by atoms with van der Waals surface area (Å²) in [5, 5.41) is 23.6. The van der Waals surface area contributed by atoms with Crippen LogP contribution in [0.1, 0.15) is 71.4 Å². The number of aromatic hydroxyl groups is 2. The van der Waals surface area contributed by atoms with E-state index < -0.39 is 0 Å². The molecule has 2 aliphatic rings. The number of aryl methyl sites for hydroxylation is 2. The number of rotatable bonds is 5. The van der Waals surface area contributed by atoms with Crippen molar-refractivity contribution >= 4 is 28.3 Å². The van der Waals surface area contributed by atoms with Gasteiger partial charge in [-0.2, -0.15) is 0 Å². The van der Waals surface area contributed by atoms with Crippen LogP contribution in [0.25, 0.3) is 0 Å². The van der Waals surface area contributed by atoms with Crippen molar-refractivity contribution in [3.63, 3.8) is 0 Å². The van der Waals surface area contributed by atoms with Gasteiger partial charge in [0.1, 0.15) is 0 Å². The lowest BCUT2D eigenvalue weighted by atomic mass is 9.75. The Balaban J connectivity index is 0.00000196. The van der Waals surface area contributed by atoms with E-state index in [0.29, 0.717) is 12.0 Å². The third-order valence-electron chi connectivity index (χ3n) is 5.71. The summed E-state index contributed by atoms with van der Waals surface area (Å²) in [6.07, 6.45) is 8.43. The van der Waals surface area contributed by atoms with Crippen LogP contribution < -0.4 is 5.32 Å². The maximum Gasteiger partial charge on any atom is 0.157 e. The molecule has 5 heteroatoms. The minimum Gasteiger partial charge on any atom is -0.504 e. The van der Waals surface area contributed by atoms with Crippen molar-refractivity contribution in [1.29, 1.82) is 0 Å². The van der Waals surface area contributed by atoms with E-state index >= 15 is 0 Å². The summed E-state index contributed by atoms with van der Waals surface area (Å²) >= 11 is 1.97. The number of phenols is 2. The number of thiophene rings is 1. The molecule has 0 radical (unpaired) electrons. The van der Waals surface area contributed by atoms with E-state index in [4.69, 9.17) is 0 Å². The van der Waals surface area contributed by atoms with Gasteiger partial charge in [-0.05, 0) is 60.6 Å². The molecular formula is C21H28BrNO2S. The van der Waals surface area contributed by atoms with E-state index in [1.165, 1.54) is 58.5 Å². The van der Waals surface area contributed by atoms with E-state index in [-0.39, 0.29) is 28.5 Å². The highest BCUT2D eigenvalue weighted by Crippen LogP contribution is 2.46. The molecule has 26 heavy (non-hydrogen) atoms. The number of hydrogen-bond acceptors (Lipinski definition) is 4. The fraction of sp³-hybridized carbons (Fsp3) is 0.524. The first-order valence-electron chi connectivity index (χ1n) is 9.57. The average Bonchev–Trinajstić information content (AvgIpc) is 3.02. The smallest absolute Gasteiger partial charge is 0.157 e. The van der Waals surface area contributed by atoms with Crippen LogP contribution in [-0.4, -0.2) is 16.3 Å². The van der Waals surface area contributed by atoms with Crippen molar-refractivity contribution in [1.82, 2.24) is 5.32 Å². The second-order valence-electron chi connectivity index (χ2n) is 7.46. The molecule has 0 saturated carbocycles. The summed E-state index contributed by atoms with van der Waals surface area (Å²) in [5.41, 5.74) is 3.81. The van der Waals surface area contributed by atoms with Gasteiger partial charge in [-0.25, -0.2) is 0 Å². The molecule has 2 heterocycles. The number of halogens is 1. The van der Waals surface area contributed by atoms with E-state index in [9.17, 15) is 10.2 Å². The zero-order valence-corrected chi connectivity index (χ0v) is 17.8. The van der Waals surface area contributed by atoms with Gasteiger partial charge in [0.25, 0.3) is 0 Å². The molecule has 0 fully saturated rings. The van der Waals surface area contributed by atoms with Gasteiger partial charge in [-0.3, -0.25) is 0 Å². The SMILES string of the molecule is Br.CCCCCCc1cc2c(s1)[C@@H]1c3cc(O)c(O)cc3CC[C@H]1NC2. The van der Waals surface area contributed by atoms with Crippen LogP contribution in [0.4, 0.5) is 0 Å². The van der Waals surface area contributed by atoms with Crippen LogP contribution >= 0.6 is 28.3 Å². The predicted octanol–water partition coefficient (Wildman–Crippen LogP) is 5.41. The number of phenolic OH excluding ortho intramolecular Hbond substituents is 2. The summed E-state index contributed by atoms with van der Waals surface area (Å²) in [6.45, 7) is 3.21. The van der Waals surface area contributed by atoms with Crippen molar-refractivity contribution in [2.45, 2.75) is 70.4 Å². The van der Waals surface area contributed by atoms with Gasteiger partial charge in [-0.1, -0.05) is 26.2 Å². The fourth-order valence-corrected chi connectivity index (χ4v) is 5.78. The van der Waals surface area contributed by atoms with Gasteiger partial charge in [0.05, 0.1) is 0 Å². The molecule has 3 nitrogen and oxygen atoms in total. The quantitative estimate of drug-likeness (QED) is 0.432. The van der Waals surface area contributed by atoms with Crippen LogP contribution in [0.3, 0.4) is 0 Å². The number of unbranched alkanes of at least 4 members (excludes halogenated alkanes) is 3. The zero-order valence-electron chi connectivity index (χ0n) is 15.3. The van der Waals surface area contributed by atoms with Crippen molar-refractivity contribution < 1.29 is 10.2 Å². The van der Waals surface area contributed by atoms with Crippen molar-refractivity contribution in [3.8, 4) is 11.5 Å². The van der Waals surface area contributed by atoms with Gasteiger partial charge < -0.3 is 15.5 Å². The van der Waals surface area contributed by atoms with E-state index in [1.54, 1.807) is 12.1 Å². The molecule has 0 spiro atoms. The third-order valence-corrected chi connectivity index (χ3v) is 7.03. The van der Waals surface area contributed by atoms with Crippen molar-refractivity contribution in [2.75, 3.05) is 0 Å². The molecule has 0 bridgehead atoms. The largest absolute Gasteiger partial charge is 0.504 e. The molecule has 1 aromatic heterocycles. The van der Waals surface area contributed by atoms with Crippen molar-refractivity contribution in [2.24, 2.45) is 0 Å². The molecule has 3 N–H and O–H groups in total. The van der Waals surface area contributed by atoms with Crippen LogP contribution in [0, 0.1) is 0 Å². The van der Waals surface area contributed by atoms with Crippen LogP contribution in [0.2, 0.25) is 0 Å². The Bertz CT molecular complexity index is 774. The minimum atomic E-state index is 0. The van der Waals surface area contributed by atoms with Gasteiger partial charge in [0, 0.05) is 28.3 Å². The number of nitrogens with one attached hydrogen (secondary N) is 1. The third kappa shape index (κ3) is 3.67. The molecule has 4 rings (SSSR count). The first kappa shape index (κ1) is 19.7. The van der Waals surface area contributed by atoms with E-state index in [1.807, 2.05) is 11.3 Å². The molecule has 2 atom stereocenters. The van der Waals surface area contributed by atoms with Gasteiger partial charge in [0.2, 0.25) is 0 Å². The van der Waals surface area contributed by atoms with Crippen LogP contribution in [0.15, 0.2) is 18.2 Å². The maximum atomic E-state index is 10.0. The molecule has 2 aromatic rings. The average molecular weight is 438 g/mol.